The Labute approximate surface area is 108 Å². The summed E-state index contributed by atoms with van der Waals surface area (Å²) in [5.74, 6) is -0.0844. The Hall–Kier alpha value is -1.12. The molecule has 1 aliphatic heterocycles. The molecule has 2 fully saturated rings. The Balaban J connectivity index is 1.87. The Morgan fingerprint density at radius 3 is 2.78 bits per heavy atom. The van der Waals surface area contributed by atoms with E-state index in [2.05, 4.69) is 11.4 Å². The highest BCUT2D eigenvalue weighted by Crippen LogP contribution is 2.28. The van der Waals surface area contributed by atoms with Crippen molar-refractivity contribution >= 4 is 5.91 Å². The van der Waals surface area contributed by atoms with Gasteiger partial charge in [0.1, 0.15) is 5.54 Å². The van der Waals surface area contributed by atoms with Crippen LogP contribution in [-0.2, 0) is 4.79 Å². The maximum Gasteiger partial charge on any atom is 0.235 e. The fourth-order valence-electron chi connectivity index (χ4n) is 3.04. The molecule has 1 saturated carbocycles. The van der Waals surface area contributed by atoms with Gasteiger partial charge in [-0.15, -0.1) is 0 Å². The molecule has 2 rings (SSSR count). The zero-order valence-electron chi connectivity index (χ0n) is 10.7. The topological polar surface area (TPSA) is 76.4 Å². The molecule has 0 aromatic heterocycles. The van der Waals surface area contributed by atoms with E-state index in [9.17, 15) is 15.2 Å². The van der Waals surface area contributed by atoms with Crippen LogP contribution >= 0.6 is 0 Å². The molecule has 100 valence electrons. The number of aliphatic hydroxyl groups is 1. The lowest BCUT2D eigenvalue weighted by molar-refractivity contribution is -0.123. The molecule has 0 radical (unpaired) electrons. The van der Waals surface area contributed by atoms with Crippen LogP contribution in [0.2, 0.25) is 0 Å². The van der Waals surface area contributed by atoms with Crippen LogP contribution in [0, 0.1) is 11.3 Å². The number of aliphatic hydroxyl groups excluding tert-OH is 1. The summed E-state index contributed by atoms with van der Waals surface area (Å²) in [6.45, 7) is 1.27. The van der Waals surface area contributed by atoms with Gasteiger partial charge in [0.05, 0.1) is 19.2 Å². The number of hydrogen-bond donors (Lipinski definition) is 2. The van der Waals surface area contributed by atoms with Crippen molar-refractivity contribution < 1.29 is 9.90 Å². The van der Waals surface area contributed by atoms with Gasteiger partial charge in [0.25, 0.3) is 0 Å². The monoisotopic (exact) mass is 251 g/mol. The van der Waals surface area contributed by atoms with E-state index in [-0.39, 0.29) is 18.6 Å². The number of nitrogens with one attached hydrogen (secondary N) is 1. The van der Waals surface area contributed by atoms with Gasteiger partial charge in [-0.25, -0.2) is 0 Å². The lowest BCUT2D eigenvalue weighted by Gasteiger charge is -2.26. The molecule has 1 saturated heterocycles. The van der Waals surface area contributed by atoms with Crippen LogP contribution in [-0.4, -0.2) is 47.2 Å². The van der Waals surface area contributed by atoms with Crippen LogP contribution in [0.1, 0.15) is 38.5 Å². The maximum absolute atomic E-state index is 12.0. The molecule has 0 spiro atoms. The van der Waals surface area contributed by atoms with Gasteiger partial charge in [0, 0.05) is 6.04 Å². The molecule has 0 unspecified atom stereocenters. The molecule has 1 heterocycles. The average Bonchev–Trinajstić information content (AvgIpc) is 2.98. The van der Waals surface area contributed by atoms with Crippen molar-refractivity contribution in [2.45, 2.75) is 50.1 Å². The summed E-state index contributed by atoms with van der Waals surface area (Å²) in [4.78, 5) is 14.0. The van der Waals surface area contributed by atoms with E-state index in [1.54, 1.807) is 0 Å². The molecule has 0 aromatic rings. The van der Waals surface area contributed by atoms with Gasteiger partial charge in [-0.3, -0.25) is 9.69 Å². The van der Waals surface area contributed by atoms with Gasteiger partial charge in [0.2, 0.25) is 5.91 Å². The van der Waals surface area contributed by atoms with Crippen LogP contribution in [0.4, 0.5) is 0 Å². The summed E-state index contributed by atoms with van der Waals surface area (Å²) in [5, 5.41) is 21.3. The van der Waals surface area contributed by atoms with Crippen molar-refractivity contribution in [3.05, 3.63) is 0 Å². The van der Waals surface area contributed by atoms with Crippen molar-refractivity contribution in [3.8, 4) is 6.07 Å². The van der Waals surface area contributed by atoms with Gasteiger partial charge < -0.3 is 10.4 Å². The normalized spacial score (nSPS) is 27.0. The van der Waals surface area contributed by atoms with Crippen molar-refractivity contribution in [3.63, 3.8) is 0 Å². The SMILES string of the molecule is N#CC1(NC(=O)CN2CCC[C@H]2CO)CCCC1. The molecule has 5 nitrogen and oxygen atoms in total. The van der Waals surface area contributed by atoms with Crippen molar-refractivity contribution in [2.24, 2.45) is 0 Å². The van der Waals surface area contributed by atoms with Crippen LogP contribution in [0.3, 0.4) is 0 Å². The molecule has 0 bridgehead atoms. The molecule has 18 heavy (non-hydrogen) atoms. The first-order valence-corrected chi connectivity index (χ1v) is 6.76. The number of nitriles is 1. The summed E-state index contributed by atoms with van der Waals surface area (Å²) in [5.41, 5.74) is -0.633. The number of nitrogens with zero attached hydrogens (tertiary/aromatic N) is 2. The minimum Gasteiger partial charge on any atom is -0.395 e. The van der Waals surface area contributed by atoms with E-state index in [1.165, 1.54) is 0 Å². The number of carbonyl (C=O) groups is 1. The van der Waals surface area contributed by atoms with Gasteiger partial charge in [-0.05, 0) is 45.1 Å². The zero-order valence-corrected chi connectivity index (χ0v) is 10.7. The molecule has 0 aromatic carbocycles. The van der Waals surface area contributed by atoms with Gasteiger partial charge in [-0.2, -0.15) is 5.26 Å². The smallest absolute Gasteiger partial charge is 0.235 e. The summed E-state index contributed by atoms with van der Waals surface area (Å²) >= 11 is 0. The van der Waals surface area contributed by atoms with E-state index in [1.807, 2.05) is 4.90 Å². The van der Waals surface area contributed by atoms with Crippen molar-refractivity contribution in [1.82, 2.24) is 10.2 Å². The number of rotatable bonds is 4. The third-order valence-electron chi connectivity index (χ3n) is 4.11. The highest BCUT2D eigenvalue weighted by Gasteiger charge is 2.36. The van der Waals surface area contributed by atoms with Gasteiger partial charge in [-0.1, -0.05) is 0 Å². The summed E-state index contributed by atoms with van der Waals surface area (Å²) in [6, 6.07) is 2.37. The highest BCUT2D eigenvalue weighted by molar-refractivity contribution is 5.79. The first-order valence-electron chi connectivity index (χ1n) is 6.76. The lowest BCUT2D eigenvalue weighted by atomic mass is 10.00. The van der Waals surface area contributed by atoms with E-state index in [0.29, 0.717) is 6.54 Å². The first-order chi connectivity index (χ1) is 8.69. The van der Waals surface area contributed by atoms with Crippen molar-refractivity contribution in [2.75, 3.05) is 19.7 Å². The Morgan fingerprint density at radius 1 is 1.44 bits per heavy atom. The molecule has 2 aliphatic rings. The molecular weight excluding hydrogens is 230 g/mol. The van der Waals surface area contributed by atoms with E-state index >= 15 is 0 Å². The average molecular weight is 251 g/mol. The molecule has 1 amide bonds. The van der Waals surface area contributed by atoms with Crippen LogP contribution in [0.25, 0.3) is 0 Å². The summed E-state index contributed by atoms with van der Waals surface area (Å²) in [7, 11) is 0. The van der Waals surface area contributed by atoms with Crippen LogP contribution < -0.4 is 5.32 Å². The second-order valence-electron chi connectivity index (χ2n) is 5.40. The van der Waals surface area contributed by atoms with E-state index < -0.39 is 5.54 Å². The molecule has 2 N–H and O–H groups in total. The maximum atomic E-state index is 12.0. The number of hydrogen-bond acceptors (Lipinski definition) is 4. The molecular formula is C13H21N3O2. The molecule has 5 heteroatoms. The second-order valence-corrected chi connectivity index (χ2v) is 5.40. The van der Waals surface area contributed by atoms with Crippen LogP contribution in [0.15, 0.2) is 0 Å². The van der Waals surface area contributed by atoms with Crippen molar-refractivity contribution in [1.29, 1.82) is 5.26 Å². The third-order valence-corrected chi connectivity index (χ3v) is 4.11. The summed E-state index contributed by atoms with van der Waals surface area (Å²) in [6.07, 6.45) is 5.53. The van der Waals surface area contributed by atoms with Gasteiger partial charge >= 0.3 is 0 Å². The van der Waals surface area contributed by atoms with E-state index in [0.717, 1.165) is 45.1 Å². The second kappa shape index (κ2) is 5.68. The third kappa shape index (κ3) is 2.82. The predicted molar refractivity (Wildman–Crippen MR) is 66.6 cm³/mol. The minimum absolute atomic E-state index is 0.0844. The standard InChI is InChI=1S/C13H21N3O2/c14-10-13(5-1-2-6-13)15-12(18)8-16-7-3-4-11(16)9-17/h11,17H,1-9H2,(H,15,18)/t11-/m0/s1. The van der Waals surface area contributed by atoms with E-state index in [4.69, 9.17) is 0 Å². The predicted octanol–water partition coefficient (Wildman–Crippen LogP) is 0.396. The van der Waals surface area contributed by atoms with Crippen LogP contribution in [0.5, 0.6) is 0 Å². The Morgan fingerprint density at radius 2 is 2.17 bits per heavy atom. The largest absolute Gasteiger partial charge is 0.395 e. The molecule has 1 aliphatic carbocycles. The number of carbonyl (C=O) groups excluding carboxylic acids is 1. The quantitative estimate of drug-likeness (QED) is 0.758. The molecule has 1 atom stereocenters. The minimum atomic E-state index is -0.633. The number of likely N-dealkylation sites (tertiary alicyclic amines) is 1. The Kier molecular flexibility index (Phi) is 4.20. The number of amides is 1. The lowest BCUT2D eigenvalue weighted by Crippen LogP contribution is -2.50. The first kappa shape index (κ1) is 13.3. The zero-order chi connectivity index (χ0) is 13.0. The fourth-order valence-corrected chi connectivity index (χ4v) is 3.04. The summed E-state index contributed by atoms with van der Waals surface area (Å²) < 4.78 is 0. The fraction of sp³-hybridized carbons (Fsp3) is 0.846. The Bertz CT molecular complexity index is 345. The van der Waals surface area contributed by atoms with Gasteiger partial charge in [0.15, 0.2) is 0 Å². The highest BCUT2D eigenvalue weighted by atomic mass is 16.3.